The molecule has 1 aromatic rings. The minimum Gasteiger partial charge on any atom is -0.348 e. The molecule has 0 aliphatic carbocycles. The summed E-state index contributed by atoms with van der Waals surface area (Å²) in [6.07, 6.45) is 1.87. The number of aromatic nitrogens is 1. The standard InChI is InChI=1S/C7H8INO/c1-9-4-2-3-6(9)7(10)5-8/h2-4H,5H2,1H3. The zero-order valence-electron chi connectivity index (χ0n) is 5.67. The van der Waals surface area contributed by atoms with Gasteiger partial charge in [0.1, 0.15) is 0 Å². The highest BCUT2D eigenvalue weighted by Gasteiger charge is 2.04. The SMILES string of the molecule is Cn1cccc1C(=O)CI. The van der Waals surface area contributed by atoms with E-state index in [1.54, 1.807) is 0 Å². The monoisotopic (exact) mass is 249 g/mol. The third kappa shape index (κ3) is 1.39. The number of alkyl halides is 1. The van der Waals surface area contributed by atoms with Gasteiger partial charge in [-0.2, -0.15) is 0 Å². The number of hydrogen-bond donors (Lipinski definition) is 0. The molecule has 0 fully saturated rings. The Labute approximate surface area is 73.4 Å². The van der Waals surface area contributed by atoms with Crippen molar-refractivity contribution < 1.29 is 4.79 Å². The van der Waals surface area contributed by atoms with Crippen molar-refractivity contribution in [2.24, 2.45) is 7.05 Å². The molecule has 0 amide bonds. The van der Waals surface area contributed by atoms with Crippen LogP contribution in [0.4, 0.5) is 0 Å². The Bertz CT molecular complexity index is 242. The van der Waals surface area contributed by atoms with Crippen LogP contribution in [0.3, 0.4) is 0 Å². The molecule has 0 aliphatic heterocycles. The van der Waals surface area contributed by atoms with E-state index in [0.717, 1.165) is 5.69 Å². The number of halogens is 1. The highest BCUT2D eigenvalue weighted by atomic mass is 127. The van der Waals surface area contributed by atoms with E-state index in [1.807, 2.05) is 29.9 Å². The quantitative estimate of drug-likeness (QED) is 0.443. The minimum absolute atomic E-state index is 0.188. The summed E-state index contributed by atoms with van der Waals surface area (Å²) < 4.78 is 2.39. The molecule has 0 spiro atoms. The first-order valence-electron chi connectivity index (χ1n) is 2.96. The van der Waals surface area contributed by atoms with Crippen molar-refractivity contribution in [1.82, 2.24) is 4.57 Å². The van der Waals surface area contributed by atoms with Gasteiger partial charge in [-0.25, -0.2) is 0 Å². The van der Waals surface area contributed by atoms with Gasteiger partial charge in [0.05, 0.1) is 10.1 Å². The number of Topliss-reactive ketones (excluding diaryl/α,β-unsaturated/α-hetero) is 1. The van der Waals surface area contributed by atoms with Crippen molar-refractivity contribution in [1.29, 1.82) is 0 Å². The lowest BCUT2D eigenvalue weighted by molar-refractivity contribution is 0.101. The van der Waals surface area contributed by atoms with Gasteiger partial charge in [0, 0.05) is 13.2 Å². The van der Waals surface area contributed by atoms with Gasteiger partial charge < -0.3 is 4.57 Å². The molecule has 0 saturated carbocycles. The van der Waals surface area contributed by atoms with Gasteiger partial charge >= 0.3 is 0 Å². The maximum absolute atomic E-state index is 11.1. The number of carbonyl (C=O) groups excluding carboxylic acids is 1. The lowest BCUT2D eigenvalue weighted by Gasteiger charge is -1.96. The van der Waals surface area contributed by atoms with Crippen molar-refractivity contribution >= 4 is 28.4 Å². The van der Waals surface area contributed by atoms with Crippen LogP contribution < -0.4 is 0 Å². The third-order valence-corrected chi connectivity index (χ3v) is 2.04. The minimum atomic E-state index is 0.188. The molecule has 0 atom stereocenters. The molecular formula is C7H8INO. The van der Waals surface area contributed by atoms with Crippen molar-refractivity contribution in [3.63, 3.8) is 0 Å². The molecule has 2 nitrogen and oxygen atoms in total. The molecule has 1 heterocycles. The van der Waals surface area contributed by atoms with Crippen LogP contribution >= 0.6 is 22.6 Å². The van der Waals surface area contributed by atoms with Gasteiger partial charge in [-0.05, 0) is 12.1 Å². The van der Waals surface area contributed by atoms with E-state index in [1.165, 1.54) is 0 Å². The van der Waals surface area contributed by atoms with Crippen LogP contribution in [0, 0.1) is 0 Å². The number of carbonyl (C=O) groups is 1. The summed E-state index contributed by atoms with van der Waals surface area (Å²) in [5, 5.41) is 0. The van der Waals surface area contributed by atoms with Crippen LogP contribution in [0.2, 0.25) is 0 Å². The molecule has 1 aromatic heterocycles. The molecule has 1 rings (SSSR count). The van der Waals surface area contributed by atoms with Gasteiger partial charge in [-0.1, -0.05) is 22.6 Å². The fraction of sp³-hybridized carbons (Fsp3) is 0.286. The third-order valence-electron chi connectivity index (χ3n) is 1.35. The Morgan fingerprint density at radius 3 is 2.90 bits per heavy atom. The predicted molar refractivity (Wildman–Crippen MR) is 48.6 cm³/mol. The van der Waals surface area contributed by atoms with Gasteiger partial charge in [0.25, 0.3) is 0 Å². The largest absolute Gasteiger partial charge is 0.348 e. The Morgan fingerprint density at radius 2 is 2.50 bits per heavy atom. The topological polar surface area (TPSA) is 22.0 Å². The second-order valence-electron chi connectivity index (χ2n) is 2.06. The highest BCUT2D eigenvalue weighted by molar-refractivity contribution is 14.1. The number of rotatable bonds is 2. The lowest BCUT2D eigenvalue weighted by atomic mass is 10.3. The first kappa shape index (κ1) is 7.78. The van der Waals surface area contributed by atoms with Crippen molar-refractivity contribution in [3.05, 3.63) is 24.0 Å². The molecule has 0 aliphatic rings. The van der Waals surface area contributed by atoms with Gasteiger partial charge in [-0.15, -0.1) is 0 Å². The summed E-state index contributed by atoms with van der Waals surface area (Å²) in [5.41, 5.74) is 0.786. The number of ketones is 1. The van der Waals surface area contributed by atoms with Crippen molar-refractivity contribution in [3.8, 4) is 0 Å². The van der Waals surface area contributed by atoms with Gasteiger partial charge in [0.15, 0.2) is 5.78 Å². The van der Waals surface area contributed by atoms with E-state index < -0.39 is 0 Å². The van der Waals surface area contributed by atoms with Crippen molar-refractivity contribution in [2.45, 2.75) is 0 Å². The molecule has 3 heteroatoms. The zero-order chi connectivity index (χ0) is 7.56. The average molecular weight is 249 g/mol. The molecule has 0 N–H and O–H groups in total. The second-order valence-corrected chi connectivity index (χ2v) is 2.82. The molecule has 0 unspecified atom stereocenters. The van der Waals surface area contributed by atoms with E-state index in [-0.39, 0.29) is 5.78 Å². The van der Waals surface area contributed by atoms with E-state index >= 15 is 0 Å². The summed E-state index contributed by atoms with van der Waals surface area (Å²) >= 11 is 2.07. The molecule has 54 valence electrons. The van der Waals surface area contributed by atoms with Crippen LogP contribution in [0.25, 0.3) is 0 Å². The van der Waals surface area contributed by atoms with Crippen molar-refractivity contribution in [2.75, 3.05) is 4.43 Å². The van der Waals surface area contributed by atoms with E-state index in [4.69, 9.17) is 0 Å². The fourth-order valence-corrected chi connectivity index (χ4v) is 1.21. The smallest absolute Gasteiger partial charge is 0.188 e. The second kappa shape index (κ2) is 3.18. The summed E-state index contributed by atoms with van der Waals surface area (Å²) in [4.78, 5) is 11.1. The first-order chi connectivity index (χ1) is 4.75. The molecule has 0 radical (unpaired) electrons. The summed E-state index contributed by atoms with van der Waals surface area (Å²) in [5.74, 6) is 0.188. The number of nitrogens with zero attached hydrogens (tertiary/aromatic N) is 1. The summed E-state index contributed by atoms with van der Waals surface area (Å²) in [7, 11) is 1.87. The van der Waals surface area contributed by atoms with Crippen LogP contribution in [-0.2, 0) is 7.05 Å². The predicted octanol–water partition coefficient (Wildman–Crippen LogP) is 1.64. The average Bonchev–Trinajstić information content (AvgIpc) is 2.34. The molecule has 0 bridgehead atoms. The Hall–Kier alpha value is -0.320. The van der Waals surface area contributed by atoms with E-state index in [9.17, 15) is 4.79 Å². The maximum atomic E-state index is 11.1. The highest BCUT2D eigenvalue weighted by Crippen LogP contribution is 2.02. The molecule has 0 aromatic carbocycles. The van der Waals surface area contributed by atoms with Crippen LogP contribution in [-0.4, -0.2) is 14.8 Å². The first-order valence-corrected chi connectivity index (χ1v) is 4.48. The van der Waals surface area contributed by atoms with E-state index in [2.05, 4.69) is 22.6 Å². The van der Waals surface area contributed by atoms with Gasteiger partial charge in [0.2, 0.25) is 0 Å². The molecular weight excluding hydrogens is 241 g/mol. The summed E-state index contributed by atoms with van der Waals surface area (Å²) in [6.45, 7) is 0. The maximum Gasteiger partial charge on any atom is 0.188 e. The Morgan fingerprint density at radius 1 is 1.80 bits per heavy atom. The van der Waals surface area contributed by atoms with Crippen LogP contribution in [0.1, 0.15) is 10.5 Å². The van der Waals surface area contributed by atoms with E-state index in [0.29, 0.717) is 4.43 Å². The zero-order valence-corrected chi connectivity index (χ0v) is 7.83. The molecule has 10 heavy (non-hydrogen) atoms. The van der Waals surface area contributed by atoms with Gasteiger partial charge in [-0.3, -0.25) is 4.79 Å². The number of aryl methyl sites for hydroxylation is 1. The Balaban J connectivity index is 2.93. The Kier molecular flexibility index (Phi) is 2.48. The normalized spacial score (nSPS) is 9.80. The van der Waals surface area contributed by atoms with Crippen LogP contribution in [0.5, 0.6) is 0 Å². The molecule has 0 saturated heterocycles. The number of hydrogen-bond acceptors (Lipinski definition) is 1. The lowest BCUT2D eigenvalue weighted by Crippen LogP contribution is -2.05. The fourth-order valence-electron chi connectivity index (χ4n) is 0.819. The summed E-state index contributed by atoms with van der Waals surface area (Å²) in [6, 6.07) is 3.71. The van der Waals surface area contributed by atoms with Crippen LogP contribution in [0.15, 0.2) is 18.3 Å².